The number of nitrogens with one attached hydrogen (secondary N) is 1. The van der Waals surface area contributed by atoms with E-state index in [4.69, 9.17) is 4.74 Å². The molecule has 0 aromatic heterocycles. The minimum absolute atomic E-state index is 0.00228. The largest absolute Gasteiger partial charge is 0.488 e. The van der Waals surface area contributed by atoms with Crippen LogP contribution >= 0.6 is 0 Å². The summed E-state index contributed by atoms with van der Waals surface area (Å²) >= 11 is 0. The first-order valence-electron chi connectivity index (χ1n) is 6.75. The van der Waals surface area contributed by atoms with Crippen LogP contribution in [0.15, 0.2) is 24.3 Å². The molecule has 104 valence electrons. The topological polar surface area (TPSA) is 58.6 Å². The van der Waals surface area contributed by atoms with E-state index in [0.717, 1.165) is 12.2 Å². The third kappa shape index (κ3) is 3.70. The molecule has 0 radical (unpaired) electrons. The molecule has 0 spiro atoms. The van der Waals surface area contributed by atoms with Crippen LogP contribution in [0.2, 0.25) is 0 Å². The maximum Gasteiger partial charge on any atom is 0.222 e. The zero-order chi connectivity index (χ0) is 13.8. The molecule has 2 rings (SSSR count). The van der Waals surface area contributed by atoms with Crippen molar-refractivity contribution in [3.63, 3.8) is 0 Å². The zero-order valence-corrected chi connectivity index (χ0v) is 11.4. The normalized spacial score (nSPS) is 18.8. The van der Waals surface area contributed by atoms with Crippen LogP contribution in [0, 0.1) is 5.92 Å². The Labute approximate surface area is 113 Å². The summed E-state index contributed by atoms with van der Waals surface area (Å²) in [4.78, 5) is 11.7. The van der Waals surface area contributed by atoms with Gasteiger partial charge in [-0.1, -0.05) is 32.0 Å². The molecule has 1 amide bonds. The number of fused-ring (bicyclic) bond motifs is 1. The number of benzene rings is 1. The Morgan fingerprint density at radius 2 is 2.21 bits per heavy atom. The molecule has 0 bridgehead atoms. The van der Waals surface area contributed by atoms with Crippen molar-refractivity contribution in [3.8, 4) is 5.75 Å². The van der Waals surface area contributed by atoms with Crippen LogP contribution in [0.4, 0.5) is 0 Å². The van der Waals surface area contributed by atoms with Gasteiger partial charge in [-0.2, -0.15) is 0 Å². The molecule has 19 heavy (non-hydrogen) atoms. The summed E-state index contributed by atoms with van der Waals surface area (Å²) in [6, 6.07) is 7.92. The fourth-order valence-corrected chi connectivity index (χ4v) is 2.09. The molecular formula is C15H21NO3. The van der Waals surface area contributed by atoms with Gasteiger partial charge >= 0.3 is 0 Å². The smallest absolute Gasteiger partial charge is 0.222 e. The molecule has 1 aliphatic heterocycles. The molecule has 1 aromatic rings. The Morgan fingerprint density at radius 3 is 2.89 bits per heavy atom. The fraction of sp³-hybridized carbons (Fsp3) is 0.533. The number of para-hydroxylation sites is 1. The van der Waals surface area contributed by atoms with Crippen molar-refractivity contribution in [3.05, 3.63) is 29.8 Å². The Morgan fingerprint density at radius 1 is 1.47 bits per heavy atom. The first-order chi connectivity index (χ1) is 9.06. The lowest BCUT2D eigenvalue weighted by atomic mass is 10.0. The van der Waals surface area contributed by atoms with E-state index in [1.54, 1.807) is 0 Å². The van der Waals surface area contributed by atoms with Gasteiger partial charge < -0.3 is 15.2 Å². The summed E-state index contributed by atoms with van der Waals surface area (Å²) in [5.41, 5.74) is 1.18. The van der Waals surface area contributed by atoms with Gasteiger partial charge in [0.15, 0.2) is 0 Å². The van der Waals surface area contributed by atoms with Gasteiger partial charge in [0.25, 0.3) is 0 Å². The summed E-state index contributed by atoms with van der Waals surface area (Å²) < 4.78 is 5.73. The monoisotopic (exact) mass is 263 g/mol. The number of aliphatic hydroxyl groups excluding tert-OH is 1. The molecule has 2 unspecified atom stereocenters. The average molecular weight is 263 g/mol. The second-order valence-corrected chi connectivity index (χ2v) is 5.37. The predicted octanol–water partition coefficient (Wildman–Crippen LogP) is 1.51. The van der Waals surface area contributed by atoms with Gasteiger partial charge in [-0.3, -0.25) is 4.79 Å². The number of carbonyl (C=O) groups excluding carboxylic acids is 1. The van der Waals surface area contributed by atoms with E-state index in [-0.39, 0.29) is 24.3 Å². The minimum atomic E-state index is -0.582. The van der Waals surface area contributed by atoms with Gasteiger partial charge in [-0.25, -0.2) is 0 Å². The van der Waals surface area contributed by atoms with Crippen molar-refractivity contribution in [2.75, 3.05) is 6.54 Å². The number of aliphatic hydroxyl groups is 1. The molecule has 0 saturated heterocycles. The lowest BCUT2D eigenvalue weighted by molar-refractivity contribution is -0.123. The van der Waals surface area contributed by atoms with Gasteiger partial charge in [0, 0.05) is 6.42 Å². The van der Waals surface area contributed by atoms with Gasteiger partial charge in [-0.05, 0) is 17.5 Å². The summed E-state index contributed by atoms with van der Waals surface area (Å²) in [7, 11) is 0. The Kier molecular flexibility index (Phi) is 4.43. The summed E-state index contributed by atoms with van der Waals surface area (Å²) in [6.45, 7) is 4.28. The van der Waals surface area contributed by atoms with Crippen molar-refractivity contribution in [2.45, 2.75) is 38.9 Å². The summed E-state index contributed by atoms with van der Waals surface area (Å²) in [5, 5.41) is 12.5. The van der Waals surface area contributed by atoms with E-state index in [0.29, 0.717) is 6.54 Å². The molecule has 1 aromatic carbocycles. The minimum Gasteiger partial charge on any atom is -0.488 e. The van der Waals surface area contributed by atoms with E-state index in [1.807, 2.05) is 38.1 Å². The standard InChI is InChI=1S/C15H21NO3/c1-10(2)13(17)8-15(18)16-9-12-7-11-5-3-4-6-14(11)19-12/h3-6,10,12-13,17H,7-9H2,1-2H3,(H,16,18). The van der Waals surface area contributed by atoms with Crippen LogP contribution < -0.4 is 10.1 Å². The third-order valence-corrected chi connectivity index (χ3v) is 3.40. The SMILES string of the molecule is CC(C)C(O)CC(=O)NCC1Cc2ccccc2O1. The van der Waals surface area contributed by atoms with E-state index in [9.17, 15) is 9.90 Å². The maximum absolute atomic E-state index is 11.7. The molecule has 0 aliphatic carbocycles. The highest BCUT2D eigenvalue weighted by atomic mass is 16.5. The fourth-order valence-electron chi connectivity index (χ4n) is 2.09. The van der Waals surface area contributed by atoms with Gasteiger partial charge in [0.1, 0.15) is 11.9 Å². The average Bonchev–Trinajstić information content (AvgIpc) is 2.78. The molecule has 1 aliphatic rings. The quantitative estimate of drug-likeness (QED) is 0.846. The van der Waals surface area contributed by atoms with E-state index in [2.05, 4.69) is 5.32 Å². The van der Waals surface area contributed by atoms with Gasteiger partial charge in [0.2, 0.25) is 5.91 Å². The lowest BCUT2D eigenvalue weighted by Crippen LogP contribution is -2.36. The maximum atomic E-state index is 11.7. The molecule has 2 atom stereocenters. The van der Waals surface area contributed by atoms with Crippen LogP contribution in [-0.2, 0) is 11.2 Å². The van der Waals surface area contributed by atoms with E-state index in [1.165, 1.54) is 5.56 Å². The number of hydrogen-bond acceptors (Lipinski definition) is 3. The van der Waals surface area contributed by atoms with Crippen LogP contribution in [-0.4, -0.2) is 29.8 Å². The summed E-state index contributed by atoms with van der Waals surface area (Å²) in [5.74, 6) is 0.877. The van der Waals surface area contributed by atoms with Crippen molar-refractivity contribution in [2.24, 2.45) is 5.92 Å². The number of hydrogen-bond donors (Lipinski definition) is 2. The highest BCUT2D eigenvalue weighted by Crippen LogP contribution is 2.27. The zero-order valence-electron chi connectivity index (χ0n) is 11.4. The molecule has 2 N–H and O–H groups in total. The summed E-state index contributed by atoms with van der Waals surface area (Å²) in [6.07, 6.45) is 0.389. The third-order valence-electron chi connectivity index (χ3n) is 3.40. The second-order valence-electron chi connectivity index (χ2n) is 5.37. The highest BCUT2D eigenvalue weighted by molar-refractivity contribution is 5.76. The highest BCUT2D eigenvalue weighted by Gasteiger charge is 2.23. The lowest BCUT2D eigenvalue weighted by Gasteiger charge is -2.15. The van der Waals surface area contributed by atoms with Crippen LogP contribution in [0.25, 0.3) is 0 Å². The van der Waals surface area contributed by atoms with Crippen LogP contribution in [0.3, 0.4) is 0 Å². The van der Waals surface area contributed by atoms with Gasteiger partial charge in [0.05, 0.1) is 19.1 Å². The number of carbonyl (C=O) groups is 1. The van der Waals surface area contributed by atoms with Crippen LogP contribution in [0.1, 0.15) is 25.8 Å². The second kappa shape index (κ2) is 6.06. The Balaban J connectivity index is 1.75. The number of rotatable bonds is 5. The molecule has 1 heterocycles. The molecule has 4 heteroatoms. The van der Waals surface area contributed by atoms with Crippen molar-refractivity contribution >= 4 is 5.91 Å². The van der Waals surface area contributed by atoms with Crippen LogP contribution in [0.5, 0.6) is 5.75 Å². The number of amides is 1. The van der Waals surface area contributed by atoms with E-state index < -0.39 is 6.10 Å². The molecule has 0 fully saturated rings. The molecular weight excluding hydrogens is 242 g/mol. The molecule has 4 nitrogen and oxygen atoms in total. The first-order valence-corrected chi connectivity index (χ1v) is 6.75. The van der Waals surface area contributed by atoms with Crippen molar-refractivity contribution in [1.82, 2.24) is 5.32 Å². The van der Waals surface area contributed by atoms with Crippen molar-refractivity contribution < 1.29 is 14.6 Å². The number of ether oxygens (including phenoxy) is 1. The van der Waals surface area contributed by atoms with Crippen molar-refractivity contribution in [1.29, 1.82) is 0 Å². The Hall–Kier alpha value is -1.55. The Bertz CT molecular complexity index is 420. The first kappa shape index (κ1) is 13.9. The van der Waals surface area contributed by atoms with Gasteiger partial charge in [-0.15, -0.1) is 0 Å². The predicted molar refractivity (Wildman–Crippen MR) is 73.0 cm³/mol. The van der Waals surface area contributed by atoms with E-state index >= 15 is 0 Å². The molecule has 0 saturated carbocycles.